The molecule has 3 nitrogen and oxygen atoms in total. The molecule has 1 heterocycles. The fourth-order valence-electron chi connectivity index (χ4n) is 1.32. The molecule has 0 spiro atoms. The largest absolute Gasteiger partial charge is 0.456 e. The highest BCUT2D eigenvalue weighted by atomic mass is 16.5. The molecule has 1 aromatic heterocycles. The topological polar surface area (TPSA) is 18.0 Å². The van der Waals surface area contributed by atoms with E-state index in [4.69, 9.17) is 4.74 Å². The minimum absolute atomic E-state index is 0.713. The van der Waals surface area contributed by atoms with Gasteiger partial charge in [-0.2, -0.15) is 9.13 Å². The first-order valence-corrected chi connectivity index (χ1v) is 4.24. The van der Waals surface area contributed by atoms with Gasteiger partial charge >= 0.3 is 6.01 Å². The first kappa shape index (κ1) is 9.10. The maximum Gasteiger partial charge on any atom is 0.456 e. The van der Waals surface area contributed by atoms with Crippen molar-refractivity contribution >= 4 is 0 Å². The van der Waals surface area contributed by atoms with Crippen molar-refractivity contribution in [1.29, 1.82) is 0 Å². The van der Waals surface area contributed by atoms with Gasteiger partial charge in [0.1, 0.15) is 11.4 Å². The highest BCUT2D eigenvalue weighted by Crippen LogP contribution is 2.11. The molecule has 12 heavy (non-hydrogen) atoms. The molecule has 0 aromatic carbocycles. The van der Waals surface area contributed by atoms with Crippen LogP contribution in [0.4, 0.5) is 0 Å². The molecule has 0 aliphatic rings. The number of ether oxygens (including phenoxy) is 1. The summed E-state index contributed by atoms with van der Waals surface area (Å²) in [6.07, 6.45) is 0. The summed E-state index contributed by atoms with van der Waals surface area (Å²) in [5, 5.41) is 0. The van der Waals surface area contributed by atoms with E-state index in [1.54, 1.807) is 0 Å². The van der Waals surface area contributed by atoms with E-state index in [-0.39, 0.29) is 0 Å². The second-order valence-electron chi connectivity index (χ2n) is 3.00. The van der Waals surface area contributed by atoms with E-state index in [1.807, 2.05) is 21.0 Å². The lowest BCUT2D eigenvalue weighted by Gasteiger charge is -1.97. The van der Waals surface area contributed by atoms with Crippen molar-refractivity contribution in [2.24, 2.45) is 14.1 Å². The Bertz CT molecular complexity index is 264. The Morgan fingerprint density at radius 2 is 2.00 bits per heavy atom. The van der Waals surface area contributed by atoms with Crippen LogP contribution in [0.5, 0.6) is 6.01 Å². The molecule has 0 saturated heterocycles. The normalized spacial score (nSPS) is 10.4. The Balaban J connectivity index is 3.18. The highest BCUT2D eigenvalue weighted by molar-refractivity contribution is 5.08. The number of nitrogens with zero attached hydrogens (tertiary/aromatic N) is 2. The molecule has 1 aromatic rings. The lowest BCUT2D eigenvalue weighted by molar-refractivity contribution is -0.682. The molecule has 68 valence electrons. The van der Waals surface area contributed by atoms with Gasteiger partial charge in [-0.1, -0.05) is 0 Å². The summed E-state index contributed by atoms with van der Waals surface area (Å²) in [5.41, 5.74) is 2.50. The minimum atomic E-state index is 0.713. The molecule has 0 bridgehead atoms. The van der Waals surface area contributed by atoms with Gasteiger partial charge in [0.05, 0.1) is 20.7 Å². The van der Waals surface area contributed by atoms with Gasteiger partial charge in [0.15, 0.2) is 0 Å². The third kappa shape index (κ3) is 1.19. The first-order chi connectivity index (χ1) is 5.59. The van der Waals surface area contributed by atoms with Gasteiger partial charge in [-0.25, -0.2) is 0 Å². The van der Waals surface area contributed by atoms with Gasteiger partial charge < -0.3 is 4.74 Å². The van der Waals surface area contributed by atoms with Gasteiger partial charge in [0.25, 0.3) is 0 Å². The second kappa shape index (κ2) is 3.17. The van der Waals surface area contributed by atoms with Crippen LogP contribution in [0.1, 0.15) is 18.3 Å². The third-order valence-corrected chi connectivity index (χ3v) is 2.38. The molecule has 3 heteroatoms. The lowest BCUT2D eigenvalue weighted by atomic mass is 10.4. The fourth-order valence-corrected chi connectivity index (χ4v) is 1.32. The van der Waals surface area contributed by atoms with Crippen molar-refractivity contribution in [1.82, 2.24) is 4.57 Å². The highest BCUT2D eigenvalue weighted by Gasteiger charge is 2.20. The van der Waals surface area contributed by atoms with E-state index < -0.39 is 0 Å². The van der Waals surface area contributed by atoms with Crippen LogP contribution in [0.15, 0.2) is 0 Å². The van der Waals surface area contributed by atoms with Crippen molar-refractivity contribution in [3.63, 3.8) is 0 Å². The zero-order valence-corrected chi connectivity index (χ0v) is 8.51. The Hall–Kier alpha value is -0.990. The standard InChI is InChI=1S/C9H17N2O/c1-6-12-9-10(4)7(2)8(3)11(9)5/h6H2,1-5H3/q+1. The first-order valence-electron chi connectivity index (χ1n) is 4.24. The van der Waals surface area contributed by atoms with Crippen LogP contribution >= 0.6 is 0 Å². The SMILES string of the molecule is CCOc1n(C)c(C)c(C)[n+]1C. The summed E-state index contributed by atoms with van der Waals surface area (Å²) in [6, 6.07) is 0.924. The number of hydrogen-bond acceptors (Lipinski definition) is 1. The smallest absolute Gasteiger partial charge is 0.431 e. The van der Waals surface area contributed by atoms with Crippen LogP contribution in [0.25, 0.3) is 0 Å². The average molecular weight is 169 g/mol. The number of aromatic nitrogens is 2. The molecule has 0 atom stereocenters. The molecule has 0 saturated carbocycles. The van der Waals surface area contributed by atoms with Crippen molar-refractivity contribution in [3.05, 3.63) is 11.4 Å². The predicted molar refractivity (Wildman–Crippen MR) is 47.2 cm³/mol. The molecule has 1 rings (SSSR count). The van der Waals surface area contributed by atoms with Crippen LogP contribution in [0.2, 0.25) is 0 Å². The summed E-state index contributed by atoms with van der Waals surface area (Å²) in [5.74, 6) is 0. The predicted octanol–water partition coefficient (Wildman–Crippen LogP) is 0.865. The zero-order chi connectivity index (χ0) is 9.30. The number of rotatable bonds is 2. The van der Waals surface area contributed by atoms with Crippen LogP contribution in [0.3, 0.4) is 0 Å². The van der Waals surface area contributed by atoms with E-state index in [9.17, 15) is 0 Å². The van der Waals surface area contributed by atoms with Crippen molar-refractivity contribution < 1.29 is 9.30 Å². The molecule has 0 aliphatic heterocycles. The molecular weight excluding hydrogens is 152 g/mol. The maximum atomic E-state index is 5.50. The van der Waals surface area contributed by atoms with E-state index >= 15 is 0 Å². The summed E-state index contributed by atoms with van der Waals surface area (Å²) >= 11 is 0. The summed E-state index contributed by atoms with van der Waals surface area (Å²) in [6.45, 7) is 6.90. The van der Waals surface area contributed by atoms with E-state index in [0.29, 0.717) is 6.61 Å². The molecule has 0 fully saturated rings. The van der Waals surface area contributed by atoms with Gasteiger partial charge in [0.2, 0.25) is 0 Å². The van der Waals surface area contributed by atoms with Gasteiger partial charge in [-0.3, -0.25) is 0 Å². The van der Waals surface area contributed by atoms with Crippen LogP contribution < -0.4 is 9.30 Å². The van der Waals surface area contributed by atoms with E-state index in [2.05, 4.69) is 23.0 Å². The van der Waals surface area contributed by atoms with Crippen molar-refractivity contribution in [2.45, 2.75) is 20.8 Å². The van der Waals surface area contributed by atoms with Gasteiger partial charge in [0, 0.05) is 13.8 Å². The van der Waals surface area contributed by atoms with Crippen molar-refractivity contribution in [3.8, 4) is 6.01 Å². The Labute approximate surface area is 73.6 Å². The Kier molecular flexibility index (Phi) is 2.40. The molecular formula is C9H17N2O+. The fraction of sp³-hybridized carbons (Fsp3) is 0.667. The number of imidazole rings is 1. The number of hydrogen-bond donors (Lipinski definition) is 0. The summed E-state index contributed by atoms with van der Waals surface area (Å²) in [7, 11) is 4.04. The third-order valence-electron chi connectivity index (χ3n) is 2.38. The molecule has 0 amide bonds. The van der Waals surface area contributed by atoms with Crippen molar-refractivity contribution in [2.75, 3.05) is 6.61 Å². The molecule has 0 radical (unpaired) electrons. The quantitative estimate of drug-likeness (QED) is 0.601. The molecule has 0 unspecified atom stereocenters. The molecule has 0 N–H and O–H groups in total. The van der Waals surface area contributed by atoms with Crippen LogP contribution in [-0.2, 0) is 14.1 Å². The van der Waals surface area contributed by atoms with E-state index in [1.165, 1.54) is 11.4 Å². The zero-order valence-electron chi connectivity index (χ0n) is 8.51. The second-order valence-corrected chi connectivity index (χ2v) is 3.00. The Morgan fingerprint density at radius 3 is 2.33 bits per heavy atom. The van der Waals surface area contributed by atoms with Gasteiger partial charge in [-0.15, -0.1) is 0 Å². The summed E-state index contributed by atoms with van der Waals surface area (Å²) < 4.78 is 9.63. The monoisotopic (exact) mass is 169 g/mol. The summed E-state index contributed by atoms with van der Waals surface area (Å²) in [4.78, 5) is 0. The van der Waals surface area contributed by atoms with Crippen LogP contribution in [0, 0.1) is 13.8 Å². The maximum absolute atomic E-state index is 5.50. The lowest BCUT2D eigenvalue weighted by Crippen LogP contribution is -2.32. The molecule has 0 aliphatic carbocycles. The van der Waals surface area contributed by atoms with Crippen LogP contribution in [-0.4, -0.2) is 11.2 Å². The minimum Gasteiger partial charge on any atom is -0.431 e. The van der Waals surface area contributed by atoms with E-state index in [0.717, 1.165) is 6.01 Å². The average Bonchev–Trinajstić information content (AvgIpc) is 2.23. The van der Waals surface area contributed by atoms with Gasteiger partial charge in [-0.05, 0) is 6.92 Å². The Morgan fingerprint density at radius 1 is 1.42 bits per heavy atom.